The highest BCUT2D eigenvalue weighted by molar-refractivity contribution is 5.94. The second kappa shape index (κ2) is 4.39. The van der Waals surface area contributed by atoms with Crippen LogP contribution in [0.15, 0.2) is 18.2 Å². The smallest absolute Gasteiger partial charge is 0.342 e. The lowest BCUT2D eigenvalue weighted by molar-refractivity contribution is -0.386. The van der Waals surface area contributed by atoms with E-state index < -0.39 is 28.1 Å². The summed E-state index contributed by atoms with van der Waals surface area (Å²) >= 11 is 0. The Balaban J connectivity index is 3.38. The summed E-state index contributed by atoms with van der Waals surface area (Å²) in [5.74, 6) is -2.59. The van der Waals surface area contributed by atoms with Crippen LogP contribution in [-0.4, -0.2) is 22.0 Å². The van der Waals surface area contributed by atoms with Gasteiger partial charge in [-0.15, -0.1) is 0 Å². The highest BCUT2D eigenvalue weighted by Crippen LogP contribution is 2.30. The third-order valence-electron chi connectivity index (χ3n) is 1.67. The molecule has 0 saturated heterocycles. The number of ether oxygens (including phenoxy) is 1. The van der Waals surface area contributed by atoms with Crippen LogP contribution in [0, 0.1) is 10.1 Å². The molecule has 84 valence electrons. The molecular formula is C9H7NO6. The quantitative estimate of drug-likeness (QED) is 0.358. The van der Waals surface area contributed by atoms with Gasteiger partial charge in [-0.05, 0) is 12.1 Å². The Morgan fingerprint density at radius 2 is 2.06 bits per heavy atom. The summed E-state index contributed by atoms with van der Waals surface area (Å²) in [5.41, 5.74) is -1.26. The van der Waals surface area contributed by atoms with E-state index in [2.05, 4.69) is 4.74 Å². The van der Waals surface area contributed by atoms with E-state index >= 15 is 0 Å². The maximum absolute atomic E-state index is 10.7. The largest absolute Gasteiger partial charge is 0.477 e. The molecule has 1 aromatic carbocycles. The fourth-order valence-corrected chi connectivity index (χ4v) is 1.12. The third-order valence-corrected chi connectivity index (χ3v) is 1.67. The minimum atomic E-state index is -1.46. The molecule has 1 rings (SSSR count). The van der Waals surface area contributed by atoms with E-state index in [1.54, 1.807) is 0 Å². The summed E-state index contributed by atoms with van der Waals surface area (Å²) in [6.45, 7) is 1.07. The van der Waals surface area contributed by atoms with Crippen LogP contribution in [-0.2, 0) is 4.79 Å². The molecule has 0 aliphatic heterocycles. The summed E-state index contributed by atoms with van der Waals surface area (Å²) in [7, 11) is 0. The first-order valence-electron chi connectivity index (χ1n) is 4.12. The number of benzene rings is 1. The molecule has 0 aliphatic carbocycles. The standard InChI is InChI=1S/C9H7NO6/c1-5(11)16-7-4-2-3-6(9(12)13)8(7)10(14)15/h2-4H,1H3,(H,12,13). The number of carbonyl (C=O) groups is 2. The first-order chi connectivity index (χ1) is 7.43. The third kappa shape index (κ3) is 2.32. The summed E-state index contributed by atoms with van der Waals surface area (Å²) in [5, 5.41) is 19.4. The van der Waals surface area contributed by atoms with Crippen LogP contribution in [0.3, 0.4) is 0 Å². The summed E-state index contributed by atoms with van der Waals surface area (Å²) < 4.78 is 4.55. The number of carboxylic acids is 1. The van der Waals surface area contributed by atoms with Crippen molar-refractivity contribution in [2.24, 2.45) is 0 Å². The Morgan fingerprint density at radius 3 is 2.50 bits per heavy atom. The van der Waals surface area contributed by atoms with E-state index in [0.717, 1.165) is 19.1 Å². The van der Waals surface area contributed by atoms with Gasteiger partial charge in [-0.2, -0.15) is 0 Å². The van der Waals surface area contributed by atoms with Crippen LogP contribution >= 0.6 is 0 Å². The van der Waals surface area contributed by atoms with Crippen molar-refractivity contribution < 1.29 is 24.4 Å². The van der Waals surface area contributed by atoms with E-state index in [0.29, 0.717) is 0 Å². The summed E-state index contributed by atoms with van der Waals surface area (Å²) in [6, 6.07) is 3.48. The number of nitro groups is 1. The fourth-order valence-electron chi connectivity index (χ4n) is 1.12. The zero-order chi connectivity index (χ0) is 12.3. The predicted molar refractivity (Wildman–Crippen MR) is 51.4 cm³/mol. The van der Waals surface area contributed by atoms with Gasteiger partial charge in [0.25, 0.3) is 0 Å². The molecule has 0 aromatic heterocycles. The first-order valence-corrected chi connectivity index (χ1v) is 4.12. The summed E-state index contributed by atoms with van der Waals surface area (Å²) in [4.78, 5) is 31.2. The number of nitro benzene ring substituents is 1. The SMILES string of the molecule is CC(=O)Oc1cccc(C(=O)O)c1[N+](=O)[O-]. The molecule has 0 aliphatic rings. The fraction of sp³-hybridized carbons (Fsp3) is 0.111. The van der Waals surface area contributed by atoms with E-state index in [9.17, 15) is 19.7 Å². The highest BCUT2D eigenvalue weighted by atomic mass is 16.6. The van der Waals surface area contributed by atoms with Crippen molar-refractivity contribution in [1.29, 1.82) is 0 Å². The molecule has 7 heteroatoms. The maximum Gasteiger partial charge on any atom is 0.342 e. The predicted octanol–water partition coefficient (Wildman–Crippen LogP) is 1.22. The molecule has 0 atom stereocenters. The maximum atomic E-state index is 10.7. The van der Waals surface area contributed by atoms with Crippen LogP contribution in [0.1, 0.15) is 17.3 Å². The van der Waals surface area contributed by atoms with Gasteiger partial charge in [-0.1, -0.05) is 6.07 Å². The molecule has 1 aromatic rings. The molecule has 0 radical (unpaired) electrons. The van der Waals surface area contributed by atoms with E-state index in [4.69, 9.17) is 5.11 Å². The molecule has 1 N–H and O–H groups in total. The van der Waals surface area contributed by atoms with Crippen molar-refractivity contribution in [1.82, 2.24) is 0 Å². The van der Waals surface area contributed by atoms with Crippen molar-refractivity contribution in [3.8, 4) is 5.75 Å². The molecule has 7 nitrogen and oxygen atoms in total. The van der Waals surface area contributed by atoms with E-state index in [-0.39, 0.29) is 5.75 Å². The molecule has 16 heavy (non-hydrogen) atoms. The number of carboxylic acid groups (broad SMARTS) is 1. The Bertz CT molecular complexity index is 467. The van der Waals surface area contributed by atoms with Crippen molar-refractivity contribution >= 4 is 17.6 Å². The Kier molecular flexibility index (Phi) is 3.19. The number of hydrogen-bond donors (Lipinski definition) is 1. The number of nitrogens with zero attached hydrogens (tertiary/aromatic N) is 1. The lowest BCUT2D eigenvalue weighted by Crippen LogP contribution is -2.08. The zero-order valence-corrected chi connectivity index (χ0v) is 8.17. The summed E-state index contributed by atoms with van der Waals surface area (Å²) in [6.07, 6.45) is 0. The highest BCUT2D eigenvalue weighted by Gasteiger charge is 2.25. The van der Waals surface area contributed by atoms with Gasteiger partial charge in [0.05, 0.1) is 4.92 Å². The van der Waals surface area contributed by atoms with E-state index in [1.807, 2.05) is 0 Å². The number of aromatic carboxylic acids is 1. The van der Waals surface area contributed by atoms with Crippen LogP contribution in [0.4, 0.5) is 5.69 Å². The van der Waals surface area contributed by atoms with Gasteiger partial charge in [-0.3, -0.25) is 14.9 Å². The van der Waals surface area contributed by atoms with Gasteiger partial charge in [0.15, 0.2) is 0 Å². The molecule has 0 unspecified atom stereocenters. The lowest BCUT2D eigenvalue weighted by atomic mass is 10.1. The van der Waals surface area contributed by atoms with Gasteiger partial charge < -0.3 is 9.84 Å². The minimum absolute atomic E-state index is 0.377. The van der Waals surface area contributed by atoms with Gasteiger partial charge in [0, 0.05) is 6.92 Å². The van der Waals surface area contributed by atoms with Crippen molar-refractivity contribution in [2.45, 2.75) is 6.92 Å². The van der Waals surface area contributed by atoms with Crippen LogP contribution in [0.2, 0.25) is 0 Å². The number of para-hydroxylation sites is 1. The van der Waals surface area contributed by atoms with Crippen molar-refractivity contribution in [3.63, 3.8) is 0 Å². The average molecular weight is 225 g/mol. The van der Waals surface area contributed by atoms with Crippen molar-refractivity contribution in [3.05, 3.63) is 33.9 Å². The number of esters is 1. The van der Waals surface area contributed by atoms with Crippen molar-refractivity contribution in [2.75, 3.05) is 0 Å². The van der Waals surface area contributed by atoms with Gasteiger partial charge in [0.2, 0.25) is 5.75 Å². The van der Waals surface area contributed by atoms with E-state index in [1.165, 1.54) is 6.07 Å². The molecule has 0 fully saturated rings. The number of rotatable bonds is 3. The van der Waals surface area contributed by atoms with Crippen LogP contribution in [0.25, 0.3) is 0 Å². The number of hydrogen-bond acceptors (Lipinski definition) is 5. The number of carbonyl (C=O) groups excluding carboxylic acids is 1. The lowest BCUT2D eigenvalue weighted by Gasteiger charge is -2.04. The van der Waals surface area contributed by atoms with Crippen LogP contribution in [0.5, 0.6) is 5.75 Å². The average Bonchev–Trinajstić information content (AvgIpc) is 2.15. The Hall–Kier alpha value is -2.44. The second-order valence-electron chi connectivity index (χ2n) is 2.81. The second-order valence-corrected chi connectivity index (χ2v) is 2.81. The first kappa shape index (κ1) is 11.6. The molecule has 0 heterocycles. The van der Waals surface area contributed by atoms with Gasteiger partial charge in [0.1, 0.15) is 5.56 Å². The molecule has 0 amide bonds. The molecule has 0 spiro atoms. The normalized spacial score (nSPS) is 9.56. The monoisotopic (exact) mass is 225 g/mol. The Morgan fingerprint density at radius 1 is 1.44 bits per heavy atom. The molecule has 0 bridgehead atoms. The van der Waals surface area contributed by atoms with Gasteiger partial charge in [-0.25, -0.2) is 4.79 Å². The Labute approximate surface area is 89.4 Å². The molecular weight excluding hydrogens is 218 g/mol. The topological polar surface area (TPSA) is 107 Å². The zero-order valence-electron chi connectivity index (χ0n) is 8.17. The molecule has 0 saturated carbocycles. The van der Waals surface area contributed by atoms with Crippen LogP contribution < -0.4 is 4.74 Å². The van der Waals surface area contributed by atoms with Gasteiger partial charge >= 0.3 is 17.6 Å². The minimum Gasteiger partial charge on any atom is -0.477 e.